The van der Waals surface area contributed by atoms with Crippen molar-refractivity contribution in [2.24, 2.45) is 40.4 Å². The van der Waals surface area contributed by atoms with Crippen molar-refractivity contribution >= 4 is 11.5 Å². The number of halogens is 3. The molecule has 0 spiro atoms. The molecule has 1 aromatic carbocycles. The quantitative estimate of drug-likeness (QED) is 0.512. The third-order valence-electron chi connectivity index (χ3n) is 10.9. The summed E-state index contributed by atoms with van der Waals surface area (Å²) in [7, 11) is 0. The molecule has 0 heterocycles. The zero-order valence-electron chi connectivity index (χ0n) is 20.3. The normalized spacial score (nSPS) is 44.0. The number of Topliss-reactive ketones (excluding diaryl/α,β-unsaturated/α-hetero) is 1. The molecule has 8 atom stereocenters. The van der Waals surface area contributed by atoms with E-state index >= 15 is 0 Å². The number of benzene rings is 1. The molecule has 0 amide bonds. The summed E-state index contributed by atoms with van der Waals surface area (Å²) in [5, 5.41) is 13.7. The van der Waals surface area contributed by atoms with Gasteiger partial charge in [-0.25, -0.2) is 0 Å². The van der Waals surface area contributed by atoms with E-state index in [1.807, 2.05) is 30.3 Å². The van der Waals surface area contributed by atoms with Crippen molar-refractivity contribution in [2.75, 3.05) is 11.9 Å². The first-order chi connectivity index (χ1) is 16.0. The first-order valence-corrected chi connectivity index (χ1v) is 13.1. The van der Waals surface area contributed by atoms with E-state index in [-0.39, 0.29) is 35.5 Å². The Morgan fingerprint density at radius 1 is 0.971 bits per heavy atom. The number of fused-ring (bicyclic) bond motifs is 5. The van der Waals surface area contributed by atoms with E-state index in [0.29, 0.717) is 36.5 Å². The van der Waals surface area contributed by atoms with Crippen LogP contribution in [0.4, 0.5) is 18.9 Å². The molecule has 5 rings (SSSR count). The lowest BCUT2D eigenvalue weighted by molar-refractivity contribution is -0.290. The lowest BCUT2D eigenvalue weighted by Crippen LogP contribution is -2.59. The highest BCUT2D eigenvalue weighted by Crippen LogP contribution is 2.68. The van der Waals surface area contributed by atoms with E-state index in [9.17, 15) is 23.1 Å². The van der Waals surface area contributed by atoms with Gasteiger partial charge in [0.15, 0.2) is 11.4 Å². The Morgan fingerprint density at radius 3 is 2.38 bits per heavy atom. The minimum absolute atomic E-state index is 0.0127. The standard InChI is InChI=1S/C28H38F3NO2/c1-25-14-15-27(34,28(29,30)31)16-18(25)8-9-20-21-10-11-23(26(21,2)13-12-22(20)25)24(33)17-32-19-6-4-3-5-7-19/h3-7,18,20-23,32,34H,8-17H2,1-2H3/t18-,20-,21-,22-,23-,25-,26-,27+/m0/s1. The van der Waals surface area contributed by atoms with Crippen LogP contribution in [-0.2, 0) is 4.79 Å². The number of hydrogen-bond donors (Lipinski definition) is 2. The predicted molar refractivity (Wildman–Crippen MR) is 126 cm³/mol. The van der Waals surface area contributed by atoms with E-state index < -0.39 is 11.8 Å². The van der Waals surface area contributed by atoms with E-state index in [2.05, 4.69) is 19.2 Å². The van der Waals surface area contributed by atoms with Gasteiger partial charge in [-0.2, -0.15) is 13.2 Å². The molecule has 0 aliphatic heterocycles. The molecule has 0 radical (unpaired) electrons. The van der Waals surface area contributed by atoms with Gasteiger partial charge in [0.1, 0.15) is 0 Å². The molecular weight excluding hydrogens is 439 g/mol. The first kappa shape index (κ1) is 24.1. The lowest BCUT2D eigenvalue weighted by Gasteiger charge is -2.62. The maximum absolute atomic E-state index is 13.6. The molecule has 1 aromatic rings. The molecule has 0 aromatic heterocycles. The first-order valence-electron chi connectivity index (χ1n) is 13.1. The molecule has 0 saturated heterocycles. The highest BCUT2D eigenvalue weighted by Gasteiger charge is 2.65. The number of carbonyl (C=O) groups is 1. The van der Waals surface area contributed by atoms with E-state index in [0.717, 1.165) is 44.2 Å². The Hall–Kier alpha value is -1.56. The van der Waals surface area contributed by atoms with Crippen LogP contribution in [0, 0.1) is 40.4 Å². The van der Waals surface area contributed by atoms with Crippen LogP contribution in [0.1, 0.15) is 71.6 Å². The van der Waals surface area contributed by atoms with Gasteiger partial charge in [0.05, 0.1) is 6.54 Å². The molecule has 4 aliphatic rings. The second kappa shape index (κ2) is 8.25. The number of alkyl halides is 3. The van der Waals surface area contributed by atoms with Gasteiger partial charge in [0.2, 0.25) is 0 Å². The molecule has 188 valence electrons. The highest BCUT2D eigenvalue weighted by molar-refractivity contribution is 5.86. The Morgan fingerprint density at radius 2 is 1.68 bits per heavy atom. The van der Waals surface area contributed by atoms with Crippen LogP contribution in [0.5, 0.6) is 0 Å². The molecule has 4 saturated carbocycles. The number of carbonyl (C=O) groups excluding carboxylic acids is 1. The summed E-state index contributed by atoms with van der Waals surface area (Å²) in [6.07, 6.45) is 1.20. The van der Waals surface area contributed by atoms with Crippen LogP contribution in [0.15, 0.2) is 30.3 Å². The summed E-state index contributed by atoms with van der Waals surface area (Å²) in [4.78, 5) is 13.3. The summed E-state index contributed by atoms with van der Waals surface area (Å²) in [6.45, 7) is 4.86. The summed E-state index contributed by atoms with van der Waals surface area (Å²) >= 11 is 0. The molecule has 34 heavy (non-hydrogen) atoms. The number of nitrogens with one attached hydrogen (secondary N) is 1. The molecule has 4 aliphatic carbocycles. The number of anilines is 1. The highest BCUT2D eigenvalue weighted by atomic mass is 19.4. The lowest BCUT2D eigenvalue weighted by atomic mass is 9.43. The van der Waals surface area contributed by atoms with Crippen molar-refractivity contribution in [3.05, 3.63) is 30.3 Å². The third kappa shape index (κ3) is 3.70. The fourth-order valence-electron chi connectivity index (χ4n) is 8.90. The number of ketones is 1. The van der Waals surface area contributed by atoms with Crippen molar-refractivity contribution < 1.29 is 23.1 Å². The Bertz CT molecular complexity index is 920. The second-order valence-electron chi connectivity index (χ2n) is 12.3. The Kier molecular flexibility index (Phi) is 5.86. The number of rotatable bonds is 4. The van der Waals surface area contributed by atoms with E-state index in [1.54, 1.807) is 0 Å². The largest absolute Gasteiger partial charge is 0.417 e. The van der Waals surface area contributed by atoms with Gasteiger partial charge in [0, 0.05) is 11.6 Å². The smallest absolute Gasteiger partial charge is 0.380 e. The zero-order valence-corrected chi connectivity index (χ0v) is 20.3. The molecule has 6 heteroatoms. The maximum Gasteiger partial charge on any atom is 0.417 e. The van der Waals surface area contributed by atoms with Crippen molar-refractivity contribution in [3.63, 3.8) is 0 Å². The molecule has 3 nitrogen and oxygen atoms in total. The van der Waals surface area contributed by atoms with Gasteiger partial charge in [-0.1, -0.05) is 32.0 Å². The summed E-state index contributed by atoms with van der Waals surface area (Å²) in [6, 6.07) is 9.82. The van der Waals surface area contributed by atoms with Crippen LogP contribution < -0.4 is 5.32 Å². The van der Waals surface area contributed by atoms with Gasteiger partial charge >= 0.3 is 6.18 Å². The summed E-state index contributed by atoms with van der Waals surface area (Å²) in [5.74, 6) is 1.63. The number of para-hydroxylation sites is 1. The van der Waals surface area contributed by atoms with Crippen LogP contribution >= 0.6 is 0 Å². The monoisotopic (exact) mass is 477 g/mol. The predicted octanol–water partition coefficient (Wildman–Crippen LogP) is 6.62. The fourth-order valence-corrected chi connectivity index (χ4v) is 8.90. The number of hydrogen-bond acceptors (Lipinski definition) is 3. The van der Waals surface area contributed by atoms with Crippen molar-refractivity contribution in [2.45, 2.75) is 83.4 Å². The second-order valence-corrected chi connectivity index (χ2v) is 12.3. The van der Waals surface area contributed by atoms with Gasteiger partial charge in [-0.15, -0.1) is 0 Å². The maximum atomic E-state index is 13.6. The Labute approximate surface area is 200 Å². The van der Waals surface area contributed by atoms with Crippen LogP contribution in [0.2, 0.25) is 0 Å². The van der Waals surface area contributed by atoms with Gasteiger partial charge in [-0.05, 0) is 104 Å². The molecule has 0 bridgehead atoms. The minimum Gasteiger partial charge on any atom is -0.380 e. The van der Waals surface area contributed by atoms with Gasteiger partial charge in [0.25, 0.3) is 0 Å². The third-order valence-corrected chi connectivity index (χ3v) is 10.9. The molecule has 2 N–H and O–H groups in total. The van der Waals surface area contributed by atoms with E-state index in [4.69, 9.17) is 0 Å². The van der Waals surface area contributed by atoms with Crippen molar-refractivity contribution in [3.8, 4) is 0 Å². The molecule has 4 fully saturated rings. The molecule has 0 unspecified atom stereocenters. The fraction of sp³-hybridized carbons (Fsp3) is 0.750. The zero-order chi connectivity index (χ0) is 24.4. The molecular formula is C28H38F3NO2. The SMILES string of the molecule is C[C@]12CC[C@](O)(C(F)(F)F)C[C@@H]1CC[C@@H]1[C@@H]2CC[C@]2(C)[C@H](C(=O)CNc3ccccc3)CC[C@@H]12. The van der Waals surface area contributed by atoms with Crippen LogP contribution in [0.25, 0.3) is 0 Å². The minimum atomic E-state index is -4.55. The summed E-state index contributed by atoms with van der Waals surface area (Å²) in [5.41, 5.74) is -1.72. The van der Waals surface area contributed by atoms with Crippen molar-refractivity contribution in [1.29, 1.82) is 0 Å². The van der Waals surface area contributed by atoms with Gasteiger partial charge in [-0.3, -0.25) is 4.79 Å². The average Bonchev–Trinajstić information content (AvgIpc) is 3.15. The van der Waals surface area contributed by atoms with Crippen LogP contribution in [0.3, 0.4) is 0 Å². The number of aliphatic hydroxyl groups is 1. The Balaban J connectivity index is 1.29. The van der Waals surface area contributed by atoms with E-state index in [1.165, 1.54) is 0 Å². The average molecular weight is 478 g/mol. The summed E-state index contributed by atoms with van der Waals surface area (Å²) < 4.78 is 40.7. The van der Waals surface area contributed by atoms with Crippen LogP contribution in [-0.4, -0.2) is 29.2 Å². The topological polar surface area (TPSA) is 49.3 Å². The van der Waals surface area contributed by atoms with Gasteiger partial charge < -0.3 is 10.4 Å². The van der Waals surface area contributed by atoms with Crippen molar-refractivity contribution in [1.82, 2.24) is 0 Å².